The van der Waals surface area contributed by atoms with Gasteiger partial charge in [-0.3, -0.25) is 14.4 Å². The van der Waals surface area contributed by atoms with E-state index in [0.29, 0.717) is 5.69 Å². The van der Waals surface area contributed by atoms with Gasteiger partial charge in [-0.05, 0) is 12.1 Å². The van der Waals surface area contributed by atoms with Crippen molar-refractivity contribution in [3.05, 3.63) is 34.4 Å². The zero-order valence-electron chi connectivity index (χ0n) is 9.04. The van der Waals surface area contributed by atoms with Crippen molar-refractivity contribution in [2.24, 2.45) is 0 Å². The van der Waals surface area contributed by atoms with Crippen LogP contribution in [0.25, 0.3) is 0 Å². The molecule has 94 valence electrons. The van der Waals surface area contributed by atoms with Gasteiger partial charge in [0.05, 0.1) is 16.4 Å². The van der Waals surface area contributed by atoms with Crippen molar-refractivity contribution in [1.29, 1.82) is 0 Å². The number of non-ortho nitro benzene ring substituents is 1. The second kappa shape index (κ2) is 5.33. The summed E-state index contributed by atoms with van der Waals surface area (Å²) in [7, 11) is -2.09. The molecule has 0 aromatic heterocycles. The van der Waals surface area contributed by atoms with Crippen molar-refractivity contribution in [3.8, 4) is 0 Å². The van der Waals surface area contributed by atoms with Gasteiger partial charge in [-0.25, -0.2) is 8.42 Å². The fraction of sp³-hybridized carbons (Fsp3) is 0.333. The summed E-state index contributed by atoms with van der Waals surface area (Å²) >= 11 is 5.39. The minimum Gasteiger partial charge on any atom is -0.273 e. The molecule has 0 aliphatic rings. The average Bonchev–Trinajstić information content (AvgIpc) is 2.28. The summed E-state index contributed by atoms with van der Waals surface area (Å²) in [6.07, 6.45) is 0. The van der Waals surface area contributed by atoms with Crippen molar-refractivity contribution < 1.29 is 13.3 Å². The number of hydrogen-bond acceptors (Lipinski definition) is 4. The van der Waals surface area contributed by atoms with Crippen LogP contribution < -0.4 is 4.31 Å². The van der Waals surface area contributed by atoms with E-state index >= 15 is 0 Å². The Labute approximate surface area is 104 Å². The fourth-order valence-electron chi connectivity index (χ4n) is 1.18. The zero-order valence-corrected chi connectivity index (χ0v) is 10.6. The highest BCUT2D eigenvalue weighted by atomic mass is 35.5. The third kappa shape index (κ3) is 3.31. The van der Waals surface area contributed by atoms with Crippen LogP contribution in [0.2, 0.25) is 0 Å². The molecule has 1 rings (SSSR count). The second-order valence-corrected chi connectivity index (χ2v) is 5.74. The monoisotopic (exact) mass is 278 g/mol. The Morgan fingerprint density at radius 3 is 2.29 bits per heavy atom. The first-order valence-electron chi connectivity index (χ1n) is 4.65. The highest BCUT2D eigenvalue weighted by Gasteiger charge is 2.18. The highest BCUT2D eigenvalue weighted by Crippen LogP contribution is 2.20. The summed E-state index contributed by atoms with van der Waals surface area (Å²) in [6, 6.07) is 5.26. The largest absolute Gasteiger partial charge is 0.273 e. The van der Waals surface area contributed by atoms with Gasteiger partial charge in [0.1, 0.15) is 0 Å². The lowest BCUT2D eigenvalue weighted by molar-refractivity contribution is -0.384. The molecule has 0 amide bonds. The summed E-state index contributed by atoms with van der Waals surface area (Å²) < 4.78 is 24.4. The first-order chi connectivity index (χ1) is 7.88. The van der Waals surface area contributed by atoms with Crippen LogP contribution in [0.3, 0.4) is 0 Å². The standard InChI is InChI=1S/C9H11ClN2O4S/c1-11(17(15,16)7-6-10)8-2-4-9(5-3-8)12(13)14/h2-5H,6-7H2,1H3. The predicted molar refractivity (Wildman–Crippen MR) is 66.0 cm³/mol. The SMILES string of the molecule is CN(c1ccc([N+](=O)[O-])cc1)S(=O)(=O)CCCl. The van der Waals surface area contributed by atoms with E-state index in [1.807, 2.05) is 0 Å². The van der Waals surface area contributed by atoms with E-state index in [4.69, 9.17) is 11.6 Å². The molecule has 1 aromatic carbocycles. The first-order valence-corrected chi connectivity index (χ1v) is 6.80. The molecule has 0 saturated heterocycles. The molecule has 0 N–H and O–H groups in total. The van der Waals surface area contributed by atoms with E-state index in [1.54, 1.807) is 0 Å². The summed E-state index contributed by atoms with van der Waals surface area (Å²) in [5.74, 6) is -0.179. The van der Waals surface area contributed by atoms with Gasteiger partial charge in [0, 0.05) is 25.1 Å². The van der Waals surface area contributed by atoms with Gasteiger partial charge in [-0.15, -0.1) is 11.6 Å². The van der Waals surface area contributed by atoms with Gasteiger partial charge < -0.3 is 0 Å². The van der Waals surface area contributed by atoms with Crippen molar-refractivity contribution in [3.63, 3.8) is 0 Å². The quantitative estimate of drug-likeness (QED) is 0.465. The number of nitrogens with zero attached hydrogens (tertiary/aromatic N) is 2. The molecular formula is C9H11ClN2O4S. The third-order valence-corrected chi connectivity index (χ3v) is 4.35. The lowest BCUT2D eigenvalue weighted by Gasteiger charge is -2.18. The molecule has 0 spiro atoms. The van der Waals surface area contributed by atoms with Crippen LogP contribution in [-0.2, 0) is 10.0 Å². The Morgan fingerprint density at radius 1 is 1.35 bits per heavy atom. The van der Waals surface area contributed by atoms with Crippen molar-refractivity contribution in [2.45, 2.75) is 0 Å². The maximum Gasteiger partial charge on any atom is 0.269 e. The van der Waals surface area contributed by atoms with Crippen LogP contribution in [0.5, 0.6) is 0 Å². The van der Waals surface area contributed by atoms with Crippen LogP contribution in [0.4, 0.5) is 11.4 Å². The topological polar surface area (TPSA) is 80.5 Å². The number of nitro groups is 1. The molecule has 17 heavy (non-hydrogen) atoms. The Balaban J connectivity index is 2.98. The number of rotatable bonds is 5. The minimum atomic E-state index is -3.46. The highest BCUT2D eigenvalue weighted by molar-refractivity contribution is 7.92. The number of halogens is 1. The minimum absolute atomic E-state index is 0.000343. The molecule has 0 aliphatic heterocycles. The maximum absolute atomic E-state index is 11.7. The van der Waals surface area contributed by atoms with Gasteiger partial charge >= 0.3 is 0 Å². The first kappa shape index (κ1) is 13.7. The predicted octanol–water partition coefficient (Wildman–Crippen LogP) is 1.60. The van der Waals surface area contributed by atoms with Crippen LogP contribution in [0.15, 0.2) is 24.3 Å². The Bertz CT molecular complexity index is 500. The number of sulfonamides is 1. The lowest BCUT2D eigenvalue weighted by Crippen LogP contribution is -2.29. The number of nitro benzene ring substituents is 1. The number of benzene rings is 1. The maximum atomic E-state index is 11.7. The van der Waals surface area contributed by atoms with E-state index in [2.05, 4.69) is 0 Å². The smallest absolute Gasteiger partial charge is 0.269 e. The van der Waals surface area contributed by atoms with E-state index in [-0.39, 0.29) is 17.3 Å². The normalized spacial score (nSPS) is 11.2. The zero-order chi connectivity index (χ0) is 13.1. The van der Waals surface area contributed by atoms with E-state index in [1.165, 1.54) is 31.3 Å². The lowest BCUT2D eigenvalue weighted by atomic mass is 10.3. The van der Waals surface area contributed by atoms with Crippen molar-refractivity contribution in [2.75, 3.05) is 23.0 Å². The molecule has 0 fully saturated rings. The Hall–Kier alpha value is -1.34. The van der Waals surface area contributed by atoms with Crippen molar-refractivity contribution >= 4 is 33.0 Å². The van der Waals surface area contributed by atoms with Gasteiger partial charge in [-0.1, -0.05) is 0 Å². The fourth-order valence-corrected chi connectivity index (χ4v) is 2.68. The van der Waals surface area contributed by atoms with E-state index < -0.39 is 14.9 Å². The molecule has 8 heteroatoms. The number of alkyl halides is 1. The number of hydrogen-bond donors (Lipinski definition) is 0. The molecule has 0 unspecified atom stereocenters. The van der Waals surface area contributed by atoms with Crippen molar-refractivity contribution in [1.82, 2.24) is 0 Å². The van der Waals surface area contributed by atoms with Crippen LogP contribution in [0.1, 0.15) is 0 Å². The van der Waals surface area contributed by atoms with Crippen LogP contribution in [0, 0.1) is 10.1 Å². The molecule has 0 heterocycles. The Morgan fingerprint density at radius 2 is 1.88 bits per heavy atom. The summed E-state index contributed by atoms with van der Waals surface area (Å²) in [5.41, 5.74) is 0.276. The van der Waals surface area contributed by atoms with E-state index in [9.17, 15) is 18.5 Å². The second-order valence-electron chi connectivity index (χ2n) is 3.25. The van der Waals surface area contributed by atoms with Gasteiger partial charge in [0.15, 0.2) is 0 Å². The van der Waals surface area contributed by atoms with Gasteiger partial charge in [0.25, 0.3) is 5.69 Å². The molecule has 6 nitrogen and oxygen atoms in total. The third-order valence-electron chi connectivity index (χ3n) is 2.18. The van der Waals surface area contributed by atoms with Crippen LogP contribution in [-0.4, -0.2) is 32.0 Å². The average molecular weight is 279 g/mol. The summed E-state index contributed by atoms with van der Waals surface area (Å²) in [5, 5.41) is 10.4. The molecular weight excluding hydrogens is 268 g/mol. The molecule has 0 aliphatic carbocycles. The molecule has 0 saturated carbocycles. The number of anilines is 1. The van der Waals surface area contributed by atoms with Crippen LogP contribution >= 0.6 is 11.6 Å². The summed E-state index contributed by atoms with van der Waals surface area (Å²) in [4.78, 5) is 9.89. The molecule has 1 aromatic rings. The summed E-state index contributed by atoms with van der Waals surface area (Å²) in [6.45, 7) is 0. The molecule has 0 atom stereocenters. The van der Waals surface area contributed by atoms with Gasteiger partial charge in [-0.2, -0.15) is 0 Å². The van der Waals surface area contributed by atoms with Gasteiger partial charge in [0.2, 0.25) is 10.0 Å². The molecule has 0 bridgehead atoms. The Kier molecular flexibility index (Phi) is 4.30. The molecule has 0 radical (unpaired) electrons. The van der Waals surface area contributed by atoms with E-state index in [0.717, 1.165) is 4.31 Å².